The molecule has 2 heteroatoms. The van der Waals surface area contributed by atoms with Gasteiger partial charge in [0.25, 0.3) is 0 Å². The van der Waals surface area contributed by atoms with Crippen molar-refractivity contribution in [2.45, 2.75) is 87.5 Å². The molecule has 0 atom stereocenters. The van der Waals surface area contributed by atoms with Gasteiger partial charge in [-0.2, -0.15) is 0 Å². The van der Waals surface area contributed by atoms with E-state index in [1.807, 2.05) is 12.4 Å². The van der Waals surface area contributed by atoms with Crippen molar-refractivity contribution >= 4 is 0 Å². The third-order valence-electron chi connectivity index (χ3n) is 5.12. The molecule has 1 aromatic heterocycles. The highest BCUT2D eigenvalue weighted by molar-refractivity contribution is 5.10. The maximum absolute atomic E-state index is 4.07. The van der Waals surface area contributed by atoms with Crippen LogP contribution in [0.25, 0.3) is 0 Å². The lowest BCUT2D eigenvalue weighted by molar-refractivity contribution is 0.256. The molecule has 29 heavy (non-hydrogen) atoms. The molecule has 0 N–H and O–H groups in total. The van der Waals surface area contributed by atoms with Gasteiger partial charge in [-0.1, -0.05) is 55.4 Å². The zero-order valence-corrected chi connectivity index (χ0v) is 21.4. The SMILES string of the molecule is CC(C)CC(CC(C)C)CN(C)C.CC(C)CC(Cc1ccncc1)CC(C)C. The summed E-state index contributed by atoms with van der Waals surface area (Å²) in [7, 11) is 4.35. The second-order valence-corrected chi connectivity index (χ2v) is 11.1. The number of pyridine rings is 1. The van der Waals surface area contributed by atoms with Crippen LogP contribution in [0.2, 0.25) is 0 Å². The van der Waals surface area contributed by atoms with Gasteiger partial charge in [-0.15, -0.1) is 0 Å². The topological polar surface area (TPSA) is 16.1 Å². The lowest BCUT2D eigenvalue weighted by Crippen LogP contribution is -2.24. The zero-order chi connectivity index (χ0) is 22.4. The average Bonchev–Trinajstić information content (AvgIpc) is 2.53. The molecule has 0 aliphatic rings. The normalized spacial score (nSPS) is 12.0. The molecular weight excluding hydrogens is 352 g/mol. The van der Waals surface area contributed by atoms with E-state index in [1.165, 1.54) is 44.2 Å². The first kappa shape index (κ1) is 28.1. The Kier molecular flexibility index (Phi) is 15.4. The van der Waals surface area contributed by atoms with E-state index in [9.17, 15) is 0 Å². The number of rotatable bonds is 12. The second-order valence-electron chi connectivity index (χ2n) is 11.1. The van der Waals surface area contributed by atoms with Gasteiger partial charge in [0.05, 0.1) is 0 Å². The Labute approximate surface area is 183 Å². The fraction of sp³-hybridized carbons (Fsp3) is 0.815. The van der Waals surface area contributed by atoms with Gasteiger partial charge in [-0.3, -0.25) is 4.98 Å². The van der Waals surface area contributed by atoms with E-state index >= 15 is 0 Å². The molecule has 0 amide bonds. The molecule has 0 aliphatic carbocycles. The summed E-state index contributed by atoms with van der Waals surface area (Å²) in [5, 5.41) is 0. The number of hydrogen-bond acceptors (Lipinski definition) is 2. The molecule has 1 aromatic rings. The third kappa shape index (κ3) is 17.7. The van der Waals surface area contributed by atoms with Crippen molar-refractivity contribution in [1.29, 1.82) is 0 Å². The molecule has 0 radical (unpaired) electrons. The predicted molar refractivity (Wildman–Crippen MR) is 131 cm³/mol. The van der Waals surface area contributed by atoms with E-state index in [2.05, 4.69) is 91.5 Å². The van der Waals surface area contributed by atoms with Crippen LogP contribution in [0.3, 0.4) is 0 Å². The Balaban J connectivity index is 0.000000555. The Morgan fingerprint density at radius 3 is 1.38 bits per heavy atom. The number of nitrogens with zero attached hydrogens (tertiary/aromatic N) is 2. The van der Waals surface area contributed by atoms with E-state index in [1.54, 1.807) is 0 Å². The first-order valence-corrected chi connectivity index (χ1v) is 12.0. The van der Waals surface area contributed by atoms with Crippen molar-refractivity contribution in [3.05, 3.63) is 30.1 Å². The van der Waals surface area contributed by atoms with Crippen molar-refractivity contribution in [2.75, 3.05) is 20.6 Å². The van der Waals surface area contributed by atoms with Gasteiger partial charge in [-0.25, -0.2) is 0 Å². The Hall–Kier alpha value is -0.890. The van der Waals surface area contributed by atoms with Crippen LogP contribution in [0.5, 0.6) is 0 Å². The van der Waals surface area contributed by atoms with Gasteiger partial charge in [0, 0.05) is 18.9 Å². The number of hydrogen-bond donors (Lipinski definition) is 0. The van der Waals surface area contributed by atoms with Gasteiger partial charge in [0.1, 0.15) is 0 Å². The first-order chi connectivity index (χ1) is 13.5. The van der Waals surface area contributed by atoms with Crippen molar-refractivity contribution in [3.8, 4) is 0 Å². The van der Waals surface area contributed by atoms with Crippen molar-refractivity contribution in [2.24, 2.45) is 35.5 Å². The van der Waals surface area contributed by atoms with E-state index in [-0.39, 0.29) is 0 Å². The van der Waals surface area contributed by atoms with Crippen LogP contribution < -0.4 is 0 Å². The maximum atomic E-state index is 4.07. The summed E-state index contributed by atoms with van der Waals surface area (Å²) in [6.07, 6.45) is 10.4. The minimum absolute atomic E-state index is 0.797. The summed E-state index contributed by atoms with van der Waals surface area (Å²) in [5.74, 6) is 4.97. The molecule has 2 nitrogen and oxygen atoms in total. The molecule has 1 heterocycles. The maximum Gasteiger partial charge on any atom is 0.0270 e. The molecule has 0 spiro atoms. The monoisotopic (exact) mass is 404 g/mol. The highest BCUT2D eigenvalue weighted by Crippen LogP contribution is 2.24. The molecule has 0 saturated carbocycles. The molecule has 1 rings (SSSR count). The fourth-order valence-corrected chi connectivity index (χ4v) is 4.54. The third-order valence-corrected chi connectivity index (χ3v) is 5.12. The van der Waals surface area contributed by atoms with Gasteiger partial charge in [-0.05, 0) is 99.4 Å². The largest absolute Gasteiger partial charge is 0.309 e. The van der Waals surface area contributed by atoms with Crippen LogP contribution in [-0.4, -0.2) is 30.5 Å². The highest BCUT2D eigenvalue weighted by atomic mass is 15.1. The quantitative estimate of drug-likeness (QED) is 0.357. The summed E-state index contributed by atoms with van der Waals surface area (Å²) in [4.78, 5) is 6.39. The minimum Gasteiger partial charge on any atom is -0.309 e. The van der Waals surface area contributed by atoms with Gasteiger partial charge >= 0.3 is 0 Å². The summed E-state index contributed by atoms with van der Waals surface area (Å²) in [5.41, 5.74) is 1.43. The second kappa shape index (κ2) is 15.9. The lowest BCUT2D eigenvalue weighted by Gasteiger charge is -2.24. The van der Waals surface area contributed by atoms with Crippen molar-refractivity contribution in [3.63, 3.8) is 0 Å². The number of aromatic nitrogens is 1. The van der Waals surface area contributed by atoms with Crippen LogP contribution in [0.15, 0.2) is 24.5 Å². The molecule has 0 aromatic carbocycles. The van der Waals surface area contributed by atoms with Gasteiger partial charge in [0.2, 0.25) is 0 Å². The summed E-state index contributed by atoms with van der Waals surface area (Å²) in [6, 6.07) is 4.29. The van der Waals surface area contributed by atoms with E-state index in [4.69, 9.17) is 0 Å². The zero-order valence-electron chi connectivity index (χ0n) is 21.4. The molecule has 0 unspecified atom stereocenters. The smallest absolute Gasteiger partial charge is 0.0270 e. The lowest BCUT2D eigenvalue weighted by atomic mass is 9.85. The Morgan fingerprint density at radius 2 is 1.03 bits per heavy atom. The van der Waals surface area contributed by atoms with Crippen LogP contribution in [0.1, 0.15) is 86.6 Å². The van der Waals surface area contributed by atoms with Gasteiger partial charge < -0.3 is 4.90 Å². The van der Waals surface area contributed by atoms with Crippen LogP contribution in [0, 0.1) is 35.5 Å². The van der Waals surface area contributed by atoms with Crippen molar-refractivity contribution < 1.29 is 0 Å². The molecular formula is C27H52N2. The average molecular weight is 405 g/mol. The Morgan fingerprint density at radius 1 is 0.655 bits per heavy atom. The summed E-state index contributed by atoms with van der Waals surface area (Å²) < 4.78 is 0. The van der Waals surface area contributed by atoms with Crippen LogP contribution in [0.4, 0.5) is 0 Å². The van der Waals surface area contributed by atoms with E-state index in [0.29, 0.717) is 0 Å². The molecule has 0 saturated heterocycles. The van der Waals surface area contributed by atoms with Gasteiger partial charge in [0.15, 0.2) is 0 Å². The van der Waals surface area contributed by atoms with Crippen molar-refractivity contribution in [1.82, 2.24) is 9.88 Å². The van der Waals surface area contributed by atoms with Crippen LogP contribution >= 0.6 is 0 Å². The Bertz CT molecular complexity index is 443. The standard InChI is InChI=1S/C15H25N.C12H27N/c1-12(2)9-15(10-13(3)4)11-14-5-7-16-8-6-14;1-10(2)7-12(8-11(3)4)9-13(5)6/h5-8,12-13,15H,9-11H2,1-4H3;10-12H,7-9H2,1-6H3. The predicted octanol–water partition coefficient (Wildman–Crippen LogP) is 7.59. The minimum atomic E-state index is 0.797. The molecule has 170 valence electrons. The summed E-state index contributed by atoms with van der Waals surface area (Å²) >= 11 is 0. The fourth-order valence-electron chi connectivity index (χ4n) is 4.54. The van der Waals surface area contributed by atoms with Crippen LogP contribution in [-0.2, 0) is 6.42 Å². The molecule has 0 fully saturated rings. The highest BCUT2D eigenvalue weighted by Gasteiger charge is 2.14. The van der Waals surface area contributed by atoms with E-state index < -0.39 is 0 Å². The van der Waals surface area contributed by atoms with E-state index in [0.717, 1.165) is 35.5 Å². The molecule has 0 bridgehead atoms. The molecule has 0 aliphatic heterocycles. The first-order valence-electron chi connectivity index (χ1n) is 12.0. The summed E-state index contributed by atoms with van der Waals surface area (Å²) in [6.45, 7) is 19.8.